The van der Waals surface area contributed by atoms with Gasteiger partial charge in [-0.3, -0.25) is 37.3 Å². The molecule has 564 valence electrons. The van der Waals surface area contributed by atoms with Gasteiger partial charge >= 0.3 is 39.5 Å². The zero-order chi connectivity index (χ0) is 69.8. The molecule has 0 aliphatic rings. The number of hydrogen-bond acceptors (Lipinski definition) is 15. The maximum absolute atomic E-state index is 13.1. The number of phosphoric acid groups is 2. The van der Waals surface area contributed by atoms with Gasteiger partial charge in [-0.05, 0) is 31.6 Å². The first kappa shape index (κ1) is 93.1. The molecule has 17 nitrogen and oxygen atoms in total. The second-order valence-corrected chi connectivity index (χ2v) is 30.8. The fourth-order valence-electron chi connectivity index (χ4n) is 11.7. The van der Waals surface area contributed by atoms with Crippen LogP contribution in [-0.2, 0) is 65.4 Å². The fraction of sp³-hybridized carbons (Fsp3) is 0.947. The van der Waals surface area contributed by atoms with Crippen molar-refractivity contribution in [2.75, 3.05) is 39.6 Å². The van der Waals surface area contributed by atoms with E-state index in [-0.39, 0.29) is 25.7 Å². The van der Waals surface area contributed by atoms with Gasteiger partial charge in [0.2, 0.25) is 0 Å². The summed E-state index contributed by atoms with van der Waals surface area (Å²) < 4.78 is 68.3. The van der Waals surface area contributed by atoms with E-state index in [1.807, 2.05) is 0 Å². The third-order valence-electron chi connectivity index (χ3n) is 17.8. The molecule has 0 aliphatic carbocycles. The van der Waals surface area contributed by atoms with Gasteiger partial charge in [0.15, 0.2) is 12.2 Å². The average Bonchev–Trinajstić information content (AvgIpc) is 1.48. The molecular weight excluding hydrogens is 1250 g/mol. The number of phosphoric ester groups is 2. The molecule has 0 spiro atoms. The normalized spacial score (nSPS) is 13.9. The molecule has 0 rings (SSSR count). The van der Waals surface area contributed by atoms with Crippen LogP contribution in [0.3, 0.4) is 0 Å². The van der Waals surface area contributed by atoms with Gasteiger partial charge in [-0.2, -0.15) is 0 Å². The van der Waals surface area contributed by atoms with E-state index in [0.717, 1.165) is 102 Å². The van der Waals surface area contributed by atoms with Gasteiger partial charge in [0, 0.05) is 25.7 Å². The van der Waals surface area contributed by atoms with E-state index in [9.17, 15) is 43.2 Å². The summed E-state index contributed by atoms with van der Waals surface area (Å²) in [5, 5.41) is 10.6. The maximum atomic E-state index is 13.1. The van der Waals surface area contributed by atoms with Crippen LogP contribution < -0.4 is 0 Å². The van der Waals surface area contributed by atoms with Crippen LogP contribution in [0.4, 0.5) is 0 Å². The molecule has 0 saturated carbocycles. The first-order valence-corrected chi connectivity index (χ1v) is 42.6. The van der Waals surface area contributed by atoms with Crippen LogP contribution in [0.2, 0.25) is 0 Å². The number of carbonyl (C=O) groups is 4. The van der Waals surface area contributed by atoms with Crippen molar-refractivity contribution < 1.29 is 80.2 Å². The van der Waals surface area contributed by atoms with Crippen molar-refractivity contribution in [3.05, 3.63) is 0 Å². The zero-order valence-corrected chi connectivity index (χ0v) is 63.6. The van der Waals surface area contributed by atoms with Crippen LogP contribution in [0.15, 0.2) is 0 Å². The van der Waals surface area contributed by atoms with Crippen molar-refractivity contribution in [2.24, 2.45) is 5.92 Å². The minimum Gasteiger partial charge on any atom is -0.462 e. The Labute approximate surface area is 581 Å². The van der Waals surface area contributed by atoms with E-state index in [4.69, 9.17) is 37.0 Å². The van der Waals surface area contributed by atoms with Crippen LogP contribution in [0.5, 0.6) is 0 Å². The van der Waals surface area contributed by atoms with E-state index >= 15 is 0 Å². The molecule has 5 atom stereocenters. The Morgan fingerprint density at radius 1 is 0.284 bits per heavy atom. The monoisotopic (exact) mass is 1400 g/mol. The van der Waals surface area contributed by atoms with Gasteiger partial charge in [-0.15, -0.1) is 0 Å². The van der Waals surface area contributed by atoms with Crippen LogP contribution in [0.25, 0.3) is 0 Å². The van der Waals surface area contributed by atoms with Crippen molar-refractivity contribution in [2.45, 2.75) is 419 Å². The highest BCUT2D eigenvalue weighted by Crippen LogP contribution is 2.45. The van der Waals surface area contributed by atoms with E-state index in [1.54, 1.807) is 0 Å². The molecular formula is C76H148O17P2. The summed E-state index contributed by atoms with van der Waals surface area (Å²) in [6, 6.07) is 0. The number of esters is 4. The lowest BCUT2D eigenvalue weighted by molar-refractivity contribution is -0.161. The van der Waals surface area contributed by atoms with Crippen molar-refractivity contribution in [3.63, 3.8) is 0 Å². The highest BCUT2D eigenvalue weighted by atomic mass is 31.2. The summed E-state index contributed by atoms with van der Waals surface area (Å²) in [6.07, 6.45) is 58.9. The summed E-state index contributed by atoms with van der Waals surface area (Å²) in [6.45, 7) is 7.17. The van der Waals surface area contributed by atoms with Crippen molar-refractivity contribution in [1.29, 1.82) is 0 Å². The first-order valence-electron chi connectivity index (χ1n) is 39.6. The number of aliphatic hydroxyl groups excluding tert-OH is 1. The third-order valence-corrected chi connectivity index (χ3v) is 19.7. The second-order valence-electron chi connectivity index (χ2n) is 27.9. The second kappa shape index (κ2) is 69.2. The largest absolute Gasteiger partial charge is 0.472 e. The zero-order valence-electron chi connectivity index (χ0n) is 61.8. The van der Waals surface area contributed by atoms with Gasteiger partial charge in [-0.1, -0.05) is 349 Å². The van der Waals surface area contributed by atoms with Gasteiger partial charge in [0.25, 0.3) is 0 Å². The Hall–Kier alpha value is -1.94. The highest BCUT2D eigenvalue weighted by Gasteiger charge is 2.30. The molecule has 0 aromatic heterocycles. The molecule has 19 heteroatoms. The third kappa shape index (κ3) is 70.3. The molecule has 0 saturated heterocycles. The number of unbranched alkanes of at least 4 members (excludes halogenated alkanes) is 48. The quantitative estimate of drug-likeness (QED) is 0.0222. The number of aliphatic hydroxyl groups is 1. The van der Waals surface area contributed by atoms with Crippen LogP contribution in [0, 0.1) is 5.92 Å². The highest BCUT2D eigenvalue weighted by molar-refractivity contribution is 7.47. The lowest BCUT2D eigenvalue weighted by Gasteiger charge is -2.21. The molecule has 0 amide bonds. The van der Waals surface area contributed by atoms with Gasteiger partial charge in [-0.25, -0.2) is 9.13 Å². The minimum atomic E-state index is -4.95. The smallest absolute Gasteiger partial charge is 0.462 e. The molecule has 95 heavy (non-hydrogen) atoms. The van der Waals surface area contributed by atoms with Crippen LogP contribution in [-0.4, -0.2) is 96.7 Å². The summed E-state index contributed by atoms with van der Waals surface area (Å²) in [7, 11) is -9.90. The summed E-state index contributed by atoms with van der Waals surface area (Å²) >= 11 is 0. The topological polar surface area (TPSA) is 237 Å². The number of hydrogen-bond donors (Lipinski definition) is 3. The van der Waals surface area contributed by atoms with Crippen molar-refractivity contribution in [3.8, 4) is 0 Å². The minimum absolute atomic E-state index is 0.105. The molecule has 0 radical (unpaired) electrons. The average molecular weight is 1400 g/mol. The SMILES string of the molecule is CCCCCCCCCCCCCCCCCCCCCC(=O)OC[C@H](COP(=O)(O)OC[C@@H](O)COP(=O)(O)OC[C@@H](COC(=O)CCCCCCC)OC(=O)CCCCCCCCCCCC(C)C)OC(=O)CCCCCCCCCCCCCCCCCCCCC. The predicted octanol–water partition coefficient (Wildman–Crippen LogP) is 22.5. The Morgan fingerprint density at radius 3 is 0.716 bits per heavy atom. The predicted molar refractivity (Wildman–Crippen MR) is 386 cm³/mol. The fourth-order valence-corrected chi connectivity index (χ4v) is 13.3. The van der Waals surface area contributed by atoms with E-state index in [1.165, 1.54) is 218 Å². The van der Waals surface area contributed by atoms with Gasteiger partial charge in [0.1, 0.15) is 19.3 Å². The molecule has 2 unspecified atom stereocenters. The Kier molecular flexibility index (Phi) is 67.7. The van der Waals surface area contributed by atoms with Gasteiger partial charge < -0.3 is 33.8 Å². The summed E-state index contributed by atoms with van der Waals surface area (Å²) in [4.78, 5) is 72.5. The van der Waals surface area contributed by atoms with Crippen molar-refractivity contribution in [1.82, 2.24) is 0 Å². The van der Waals surface area contributed by atoms with Crippen LogP contribution >= 0.6 is 15.6 Å². The molecule has 0 aromatic rings. The standard InChI is InChI=1S/C76H148O17P2/c1-6-9-12-15-17-19-21-23-25-27-29-31-33-35-37-41-45-50-55-60-74(79)87-66-72(93-75(80)61-56-51-46-42-38-36-34-32-30-28-26-24-22-20-18-16-13-10-7-2)68-91-95(84,85)89-64-70(77)63-88-94(82,83)90-67-71(65-86-73(78)59-54-48-14-11-8-3)92-76(81)62-57-52-47-43-39-40-44-49-53-58-69(4)5/h69-72,77H,6-68H2,1-5H3,(H,82,83)(H,84,85)/t70-,71+,72+/m0/s1. The van der Waals surface area contributed by atoms with Crippen LogP contribution in [0.1, 0.15) is 401 Å². The number of carbonyl (C=O) groups excluding carboxylic acids is 4. The lowest BCUT2D eigenvalue weighted by Crippen LogP contribution is -2.30. The Balaban J connectivity index is 5.12. The maximum Gasteiger partial charge on any atom is 0.472 e. The van der Waals surface area contributed by atoms with E-state index in [0.29, 0.717) is 25.7 Å². The van der Waals surface area contributed by atoms with E-state index < -0.39 is 97.5 Å². The summed E-state index contributed by atoms with van der Waals surface area (Å²) in [5.74, 6) is -1.39. The molecule has 0 aromatic carbocycles. The first-order chi connectivity index (χ1) is 46.0. The lowest BCUT2D eigenvalue weighted by atomic mass is 10.0. The number of rotatable bonds is 76. The van der Waals surface area contributed by atoms with Gasteiger partial charge in [0.05, 0.1) is 26.4 Å². The molecule has 0 heterocycles. The molecule has 0 aliphatic heterocycles. The summed E-state index contributed by atoms with van der Waals surface area (Å²) in [5.41, 5.74) is 0. The molecule has 0 fully saturated rings. The van der Waals surface area contributed by atoms with Crippen molar-refractivity contribution >= 4 is 39.5 Å². The molecule has 0 bridgehead atoms. The molecule has 3 N–H and O–H groups in total. The van der Waals surface area contributed by atoms with E-state index in [2.05, 4.69) is 34.6 Å². The Bertz CT molecular complexity index is 1820. The Morgan fingerprint density at radius 2 is 0.484 bits per heavy atom. The number of ether oxygens (including phenoxy) is 4.